The van der Waals surface area contributed by atoms with Crippen LogP contribution in [-0.2, 0) is 4.74 Å². The van der Waals surface area contributed by atoms with Crippen molar-refractivity contribution in [2.75, 3.05) is 53.0 Å². The largest absolute Gasteiger partial charge is 0.492 e. The Morgan fingerprint density at radius 1 is 1.24 bits per heavy atom. The summed E-state index contributed by atoms with van der Waals surface area (Å²) in [7, 11) is 1.74. The number of piperazine rings is 1. The molecule has 1 atom stereocenters. The van der Waals surface area contributed by atoms with E-state index >= 15 is 0 Å². The van der Waals surface area contributed by atoms with Gasteiger partial charge in [0.25, 0.3) is 0 Å². The third-order valence-corrected chi connectivity index (χ3v) is 3.90. The summed E-state index contributed by atoms with van der Waals surface area (Å²) in [6, 6.07) is 6.83. The van der Waals surface area contributed by atoms with Gasteiger partial charge in [0, 0.05) is 51.9 Å². The molecule has 0 bridgehead atoms. The van der Waals surface area contributed by atoms with Crippen LogP contribution in [0.5, 0.6) is 5.75 Å². The minimum atomic E-state index is -0.257. The van der Waals surface area contributed by atoms with E-state index in [1.54, 1.807) is 19.2 Å². The lowest BCUT2D eigenvalue weighted by atomic mass is 10.2. The van der Waals surface area contributed by atoms with Crippen molar-refractivity contribution in [3.05, 3.63) is 30.1 Å². The maximum atomic E-state index is 13.0. The maximum absolute atomic E-state index is 13.0. The number of rotatable bonds is 7. The van der Waals surface area contributed by atoms with E-state index in [9.17, 15) is 4.39 Å². The zero-order chi connectivity index (χ0) is 15.1. The molecule has 1 aromatic rings. The van der Waals surface area contributed by atoms with Crippen molar-refractivity contribution >= 4 is 0 Å². The average molecular weight is 296 g/mol. The van der Waals surface area contributed by atoms with E-state index in [0.29, 0.717) is 18.4 Å². The number of hydrogen-bond acceptors (Lipinski definition) is 4. The zero-order valence-electron chi connectivity index (χ0n) is 12.9. The van der Waals surface area contributed by atoms with Gasteiger partial charge >= 0.3 is 0 Å². The van der Waals surface area contributed by atoms with Gasteiger partial charge in [0.05, 0.1) is 6.61 Å². The summed E-state index contributed by atoms with van der Waals surface area (Å²) in [6.45, 7) is 8.63. The van der Waals surface area contributed by atoms with Crippen LogP contribution in [0.2, 0.25) is 0 Å². The average Bonchev–Trinajstić information content (AvgIpc) is 2.46. The summed E-state index contributed by atoms with van der Waals surface area (Å²) in [6.07, 6.45) is 0. The third-order valence-electron chi connectivity index (χ3n) is 3.90. The molecule has 0 spiro atoms. The number of hydrogen-bond donors (Lipinski definition) is 0. The van der Waals surface area contributed by atoms with Crippen molar-refractivity contribution in [3.8, 4) is 5.75 Å². The van der Waals surface area contributed by atoms with Gasteiger partial charge in [0.1, 0.15) is 18.2 Å². The summed E-state index contributed by atoms with van der Waals surface area (Å²) in [4.78, 5) is 4.85. The van der Waals surface area contributed by atoms with Gasteiger partial charge in [-0.15, -0.1) is 0 Å². The van der Waals surface area contributed by atoms with Crippen molar-refractivity contribution in [2.24, 2.45) is 0 Å². The van der Waals surface area contributed by atoms with E-state index in [4.69, 9.17) is 9.47 Å². The SMILES string of the molecule is COCCN1CCN(CCOc2cccc(F)c2)CC1C. The molecule has 5 heteroatoms. The van der Waals surface area contributed by atoms with Gasteiger partial charge in [0.15, 0.2) is 0 Å². The molecule has 0 N–H and O–H groups in total. The molecule has 4 nitrogen and oxygen atoms in total. The molecule has 1 saturated heterocycles. The van der Waals surface area contributed by atoms with Crippen LogP contribution in [0.3, 0.4) is 0 Å². The quantitative estimate of drug-likeness (QED) is 0.767. The zero-order valence-corrected chi connectivity index (χ0v) is 12.9. The molecule has 1 aliphatic rings. The topological polar surface area (TPSA) is 24.9 Å². The smallest absolute Gasteiger partial charge is 0.126 e. The lowest BCUT2D eigenvalue weighted by molar-refractivity contribution is 0.0531. The minimum absolute atomic E-state index is 0.257. The van der Waals surface area contributed by atoms with Crippen molar-refractivity contribution in [1.82, 2.24) is 9.80 Å². The van der Waals surface area contributed by atoms with Crippen molar-refractivity contribution in [1.29, 1.82) is 0 Å². The highest BCUT2D eigenvalue weighted by atomic mass is 19.1. The van der Waals surface area contributed by atoms with Gasteiger partial charge in [-0.2, -0.15) is 0 Å². The molecule has 0 aliphatic carbocycles. The number of ether oxygens (including phenoxy) is 2. The number of nitrogens with zero attached hydrogens (tertiary/aromatic N) is 2. The van der Waals surface area contributed by atoms with Crippen LogP contribution in [0.4, 0.5) is 4.39 Å². The Morgan fingerprint density at radius 2 is 2.10 bits per heavy atom. The molecule has 1 aliphatic heterocycles. The van der Waals surface area contributed by atoms with Crippen LogP contribution in [0.1, 0.15) is 6.92 Å². The van der Waals surface area contributed by atoms with E-state index < -0.39 is 0 Å². The lowest BCUT2D eigenvalue weighted by Crippen LogP contribution is -2.53. The fraction of sp³-hybridized carbons (Fsp3) is 0.625. The lowest BCUT2D eigenvalue weighted by Gasteiger charge is -2.39. The minimum Gasteiger partial charge on any atom is -0.492 e. The molecule has 0 radical (unpaired) electrons. The van der Waals surface area contributed by atoms with Gasteiger partial charge in [-0.3, -0.25) is 9.80 Å². The van der Waals surface area contributed by atoms with E-state index in [1.807, 2.05) is 0 Å². The molecule has 21 heavy (non-hydrogen) atoms. The Kier molecular flexibility index (Phi) is 6.42. The second kappa shape index (κ2) is 8.32. The van der Waals surface area contributed by atoms with E-state index in [2.05, 4.69) is 16.7 Å². The van der Waals surface area contributed by atoms with Crippen LogP contribution in [-0.4, -0.2) is 68.9 Å². The first-order valence-corrected chi connectivity index (χ1v) is 7.53. The highest BCUT2D eigenvalue weighted by Crippen LogP contribution is 2.13. The van der Waals surface area contributed by atoms with Gasteiger partial charge < -0.3 is 9.47 Å². The summed E-state index contributed by atoms with van der Waals surface area (Å²) >= 11 is 0. The summed E-state index contributed by atoms with van der Waals surface area (Å²) in [5.41, 5.74) is 0. The standard InChI is InChI=1S/C16H25FN2O2/c1-14-13-18(6-7-19(14)9-10-20-2)8-11-21-16-5-3-4-15(17)12-16/h3-5,12,14H,6-11,13H2,1-2H3. The Balaban J connectivity index is 1.68. The second-order valence-corrected chi connectivity index (χ2v) is 5.48. The maximum Gasteiger partial charge on any atom is 0.126 e. The Hall–Kier alpha value is -1.17. The van der Waals surface area contributed by atoms with E-state index in [1.165, 1.54) is 12.1 Å². The van der Waals surface area contributed by atoms with Gasteiger partial charge in [0.2, 0.25) is 0 Å². The third kappa shape index (κ3) is 5.26. The molecular formula is C16H25FN2O2. The van der Waals surface area contributed by atoms with Crippen molar-refractivity contribution in [2.45, 2.75) is 13.0 Å². The molecule has 2 rings (SSSR count). The molecular weight excluding hydrogens is 271 g/mol. The molecule has 1 heterocycles. The summed E-state index contributed by atoms with van der Waals surface area (Å²) in [5.74, 6) is 0.342. The molecule has 1 fully saturated rings. The Bertz CT molecular complexity index is 430. The number of benzene rings is 1. The predicted molar refractivity (Wildman–Crippen MR) is 81.2 cm³/mol. The second-order valence-electron chi connectivity index (χ2n) is 5.48. The highest BCUT2D eigenvalue weighted by molar-refractivity contribution is 5.22. The van der Waals surface area contributed by atoms with Crippen LogP contribution in [0.25, 0.3) is 0 Å². The van der Waals surface area contributed by atoms with E-state index in [-0.39, 0.29) is 5.82 Å². The van der Waals surface area contributed by atoms with Crippen LogP contribution in [0.15, 0.2) is 24.3 Å². The van der Waals surface area contributed by atoms with E-state index in [0.717, 1.165) is 39.3 Å². The monoisotopic (exact) mass is 296 g/mol. The number of halogens is 1. The molecule has 0 saturated carbocycles. The normalized spacial score (nSPS) is 20.6. The highest BCUT2D eigenvalue weighted by Gasteiger charge is 2.22. The first-order chi connectivity index (χ1) is 10.2. The van der Waals surface area contributed by atoms with Crippen molar-refractivity contribution < 1.29 is 13.9 Å². The van der Waals surface area contributed by atoms with Crippen molar-refractivity contribution in [3.63, 3.8) is 0 Å². The molecule has 1 aromatic carbocycles. The predicted octanol–water partition coefficient (Wildman–Crippen LogP) is 1.86. The first kappa shape index (κ1) is 16.2. The fourth-order valence-electron chi connectivity index (χ4n) is 2.66. The number of methoxy groups -OCH3 is 1. The van der Waals surface area contributed by atoms with Crippen LogP contribution in [0, 0.1) is 5.82 Å². The summed E-state index contributed by atoms with van der Waals surface area (Å²) < 4.78 is 23.8. The first-order valence-electron chi connectivity index (χ1n) is 7.53. The molecule has 0 aromatic heterocycles. The van der Waals surface area contributed by atoms with Gasteiger partial charge in [-0.25, -0.2) is 4.39 Å². The summed E-state index contributed by atoms with van der Waals surface area (Å²) in [5, 5.41) is 0. The molecule has 118 valence electrons. The molecule has 0 amide bonds. The fourth-order valence-corrected chi connectivity index (χ4v) is 2.66. The van der Waals surface area contributed by atoms with Crippen LogP contribution >= 0.6 is 0 Å². The van der Waals surface area contributed by atoms with Gasteiger partial charge in [-0.05, 0) is 19.1 Å². The van der Waals surface area contributed by atoms with Crippen LogP contribution < -0.4 is 4.74 Å². The Labute approximate surface area is 126 Å². The Morgan fingerprint density at radius 3 is 2.81 bits per heavy atom. The molecule has 1 unspecified atom stereocenters. The van der Waals surface area contributed by atoms with Gasteiger partial charge in [-0.1, -0.05) is 6.07 Å².